The van der Waals surface area contributed by atoms with E-state index in [9.17, 15) is 8.42 Å². The third-order valence-corrected chi connectivity index (χ3v) is 4.28. The van der Waals surface area contributed by atoms with Crippen LogP contribution in [0, 0.1) is 5.41 Å². The van der Waals surface area contributed by atoms with Crippen molar-refractivity contribution in [1.29, 1.82) is 0 Å². The number of rotatable bonds is 7. The van der Waals surface area contributed by atoms with Gasteiger partial charge in [0.05, 0.1) is 0 Å². The largest absolute Gasteiger partial charge is 0.396 e. The Labute approximate surface area is 115 Å². The molecule has 1 rings (SSSR count). The van der Waals surface area contributed by atoms with Crippen LogP contribution in [-0.2, 0) is 16.8 Å². The van der Waals surface area contributed by atoms with Crippen LogP contribution in [0.5, 0.6) is 0 Å². The van der Waals surface area contributed by atoms with Crippen LogP contribution >= 0.6 is 0 Å². The SMILES string of the molecule is CN(Cc1ccccc1)S(=O)(=O)NCC(C)(C)CO. The van der Waals surface area contributed by atoms with Crippen LogP contribution in [-0.4, -0.2) is 38.0 Å². The zero-order valence-electron chi connectivity index (χ0n) is 11.6. The highest BCUT2D eigenvalue weighted by molar-refractivity contribution is 7.87. The number of nitrogens with zero attached hydrogens (tertiary/aromatic N) is 1. The van der Waals surface area contributed by atoms with Crippen molar-refractivity contribution in [3.8, 4) is 0 Å². The van der Waals surface area contributed by atoms with E-state index in [2.05, 4.69) is 4.72 Å². The first-order valence-electron chi connectivity index (χ1n) is 6.12. The Balaban J connectivity index is 2.62. The molecule has 1 aromatic rings. The van der Waals surface area contributed by atoms with Crippen molar-refractivity contribution >= 4 is 10.2 Å². The van der Waals surface area contributed by atoms with Gasteiger partial charge < -0.3 is 5.11 Å². The molecule has 108 valence electrons. The molecule has 0 saturated carbocycles. The van der Waals surface area contributed by atoms with Gasteiger partial charge in [-0.2, -0.15) is 12.7 Å². The highest BCUT2D eigenvalue weighted by atomic mass is 32.2. The molecule has 0 spiro atoms. The number of hydrogen-bond acceptors (Lipinski definition) is 3. The number of hydrogen-bond donors (Lipinski definition) is 2. The topological polar surface area (TPSA) is 69.6 Å². The normalized spacial score (nSPS) is 12.9. The Bertz CT molecular complexity index is 486. The van der Waals surface area contributed by atoms with Crippen LogP contribution in [0.3, 0.4) is 0 Å². The van der Waals surface area contributed by atoms with Gasteiger partial charge in [-0.05, 0) is 5.56 Å². The maximum Gasteiger partial charge on any atom is 0.279 e. The van der Waals surface area contributed by atoms with Gasteiger partial charge in [0.25, 0.3) is 10.2 Å². The van der Waals surface area contributed by atoms with Gasteiger partial charge in [0.15, 0.2) is 0 Å². The molecule has 2 N–H and O–H groups in total. The molecule has 1 aromatic carbocycles. The Morgan fingerprint density at radius 1 is 1.26 bits per heavy atom. The maximum absolute atomic E-state index is 12.0. The Kier molecular flexibility index (Phi) is 5.49. The molecule has 0 heterocycles. The summed E-state index contributed by atoms with van der Waals surface area (Å²) >= 11 is 0. The third kappa shape index (κ3) is 5.28. The molecule has 0 fully saturated rings. The summed E-state index contributed by atoms with van der Waals surface area (Å²) in [5.41, 5.74) is 0.456. The molecule has 5 nitrogen and oxygen atoms in total. The molecule has 0 aliphatic rings. The van der Waals surface area contributed by atoms with Gasteiger partial charge in [-0.25, -0.2) is 4.72 Å². The quantitative estimate of drug-likeness (QED) is 0.785. The minimum absolute atomic E-state index is 0.0715. The van der Waals surface area contributed by atoms with E-state index >= 15 is 0 Å². The predicted molar refractivity (Wildman–Crippen MR) is 75.7 cm³/mol. The smallest absolute Gasteiger partial charge is 0.279 e. The molecule has 0 unspecified atom stereocenters. The molecular formula is C13H22N2O3S. The summed E-state index contributed by atoms with van der Waals surface area (Å²) in [5, 5.41) is 9.12. The van der Waals surface area contributed by atoms with Gasteiger partial charge in [-0.1, -0.05) is 44.2 Å². The first-order chi connectivity index (χ1) is 8.77. The van der Waals surface area contributed by atoms with Crippen LogP contribution in [0.4, 0.5) is 0 Å². The summed E-state index contributed by atoms with van der Waals surface area (Å²) in [4.78, 5) is 0. The standard InChI is InChI=1S/C13H22N2O3S/c1-13(2,11-16)10-14-19(17,18)15(3)9-12-7-5-4-6-8-12/h4-8,14,16H,9-11H2,1-3H3. The van der Waals surface area contributed by atoms with E-state index in [-0.39, 0.29) is 13.2 Å². The van der Waals surface area contributed by atoms with Gasteiger partial charge in [0, 0.05) is 32.2 Å². The van der Waals surface area contributed by atoms with E-state index in [1.165, 1.54) is 11.4 Å². The lowest BCUT2D eigenvalue weighted by molar-refractivity contribution is 0.162. The Hall–Kier alpha value is -0.950. The molecule has 0 aliphatic heterocycles. The summed E-state index contributed by atoms with van der Waals surface area (Å²) in [5.74, 6) is 0. The van der Waals surface area contributed by atoms with Crippen LogP contribution < -0.4 is 4.72 Å². The lowest BCUT2D eigenvalue weighted by atomic mass is 9.96. The average Bonchev–Trinajstić information content (AvgIpc) is 2.38. The molecule has 0 radical (unpaired) electrons. The predicted octanol–water partition coefficient (Wildman–Crippen LogP) is 0.971. The highest BCUT2D eigenvalue weighted by Gasteiger charge is 2.23. The molecule has 0 amide bonds. The van der Waals surface area contributed by atoms with Gasteiger partial charge in [0.2, 0.25) is 0 Å². The van der Waals surface area contributed by atoms with Crippen LogP contribution in [0.15, 0.2) is 30.3 Å². The summed E-state index contributed by atoms with van der Waals surface area (Å²) in [6, 6.07) is 9.39. The fourth-order valence-electron chi connectivity index (χ4n) is 1.38. The van der Waals surface area contributed by atoms with Crippen molar-refractivity contribution in [2.24, 2.45) is 5.41 Å². The summed E-state index contributed by atoms with van der Waals surface area (Å²) in [7, 11) is -2.00. The Morgan fingerprint density at radius 2 is 1.84 bits per heavy atom. The highest BCUT2D eigenvalue weighted by Crippen LogP contribution is 2.13. The number of aliphatic hydroxyl groups excluding tert-OH is 1. The minimum atomic E-state index is -3.53. The number of nitrogens with one attached hydrogen (secondary N) is 1. The lowest BCUT2D eigenvalue weighted by Gasteiger charge is -2.24. The van der Waals surface area contributed by atoms with Gasteiger partial charge >= 0.3 is 0 Å². The molecule has 0 saturated heterocycles. The Morgan fingerprint density at radius 3 is 2.37 bits per heavy atom. The number of aliphatic hydroxyl groups is 1. The zero-order valence-corrected chi connectivity index (χ0v) is 12.4. The van der Waals surface area contributed by atoms with Crippen molar-refractivity contribution in [2.45, 2.75) is 20.4 Å². The van der Waals surface area contributed by atoms with Crippen LogP contribution in [0.25, 0.3) is 0 Å². The monoisotopic (exact) mass is 286 g/mol. The first-order valence-corrected chi connectivity index (χ1v) is 7.56. The minimum Gasteiger partial charge on any atom is -0.396 e. The van der Waals surface area contributed by atoms with E-state index in [1.54, 1.807) is 13.8 Å². The van der Waals surface area contributed by atoms with E-state index in [4.69, 9.17) is 5.11 Å². The molecule has 0 aliphatic carbocycles. The van der Waals surface area contributed by atoms with Gasteiger partial charge in [-0.3, -0.25) is 0 Å². The van der Waals surface area contributed by atoms with Crippen molar-refractivity contribution in [1.82, 2.24) is 9.03 Å². The number of benzene rings is 1. The second-order valence-electron chi connectivity index (χ2n) is 5.39. The molecule has 0 aromatic heterocycles. The molecule has 0 bridgehead atoms. The van der Waals surface area contributed by atoms with Crippen molar-refractivity contribution < 1.29 is 13.5 Å². The second-order valence-corrected chi connectivity index (χ2v) is 7.25. The van der Waals surface area contributed by atoms with Gasteiger partial charge in [0.1, 0.15) is 0 Å². The van der Waals surface area contributed by atoms with Crippen molar-refractivity contribution in [3.63, 3.8) is 0 Å². The summed E-state index contributed by atoms with van der Waals surface area (Å²) < 4.78 is 27.8. The second kappa shape index (κ2) is 6.47. The average molecular weight is 286 g/mol. The fraction of sp³-hybridized carbons (Fsp3) is 0.538. The van der Waals surface area contributed by atoms with E-state index in [0.717, 1.165) is 5.56 Å². The van der Waals surface area contributed by atoms with E-state index in [1.807, 2.05) is 30.3 Å². The molecule has 0 atom stereocenters. The lowest BCUT2D eigenvalue weighted by Crippen LogP contribution is -2.43. The van der Waals surface area contributed by atoms with Crippen molar-refractivity contribution in [2.75, 3.05) is 20.2 Å². The fourth-order valence-corrected chi connectivity index (χ4v) is 2.49. The van der Waals surface area contributed by atoms with Crippen LogP contribution in [0.2, 0.25) is 0 Å². The zero-order chi connectivity index (χ0) is 14.5. The molecule has 6 heteroatoms. The van der Waals surface area contributed by atoms with Crippen molar-refractivity contribution in [3.05, 3.63) is 35.9 Å². The molecule has 19 heavy (non-hydrogen) atoms. The summed E-state index contributed by atoms with van der Waals surface area (Å²) in [6.07, 6.45) is 0. The summed E-state index contributed by atoms with van der Waals surface area (Å²) in [6.45, 7) is 4.04. The maximum atomic E-state index is 12.0. The third-order valence-electron chi connectivity index (χ3n) is 2.82. The molecular weight excluding hydrogens is 264 g/mol. The van der Waals surface area contributed by atoms with Gasteiger partial charge in [-0.15, -0.1) is 0 Å². The van der Waals surface area contributed by atoms with E-state index in [0.29, 0.717) is 6.54 Å². The van der Waals surface area contributed by atoms with Crippen LogP contribution in [0.1, 0.15) is 19.4 Å². The first kappa shape index (κ1) is 16.1. The van der Waals surface area contributed by atoms with E-state index < -0.39 is 15.6 Å².